The van der Waals surface area contributed by atoms with E-state index in [-0.39, 0.29) is 0 Å². The van der Waals surface area contributed by atoms with E-state index in [0.717, 1.165) is 32.1 Å². The summed E-state index contributed by atoms with van der Waals surface area (Å²) in [7, 11) is 0. The van der Waals surface area contributed by atoms with Gasteiger partial charge in [-0.3, -0.25) is 4.79 Å². The molecule has 3 heteroatoms. The van der Waals surface area contributed by atoms with Crippen LogP contribution in [0.5, 0.6) is 0 Å². The zero-order valence-electron chi connectivity index (χ0n) is 9.21. The zero-order chi connectivity index (χ0) is 12.4. The van der Waals surface area contributed by atoms with Gasteiger partial charge in [0, 0.05) is 12.7 Å². The van der Waals surface area contributed by atoms with Gasteiger partial charge in [0.15, 0.2) is 6.29 Å². The fraction of sp³-hybridized carbons (Fsp3) is 0.0714. The lowest BCUT2D eigenvalue weighted by Crippen LogP contribution is -1.94. The summed E-state index contributed by atoms with van der Waals surface area (Å²) in [5.41, 5.74) is 4.09. The van der Waals surface area contributed by atoms with Gasteiger partial charge in [-0.05, 0) is 80.9 Å². The number of aldehydes is 1. The quantitative estimate of drug-likeness (QED) is 0.482. The smallest absolute Gasteiger partial charge is 0.151 e. The number of hydrogen-bond acceptors (Lipinski definition) is 1. The molecule has 0 spiro atoms. The van der Waals surface area contributed by atoms with Crippen molar-refractivity contribution >= 4 is 51.5 Å². The molecule has 0 heterocycles. The van der Waals surface area contributed by atoms with Crippen LogP contribution in [0.15, 0.2) is 36.4 Å². The second-order valence-electron chi connectivity index (χ2n) is 3.78. The van der Waals surface area contributed by atoms with Crippen LogP contribution in [0, 0.1) is 14.1 Å². The molecule has 0 saturated carbocycles. The highest BCUT2D eigenvalue weighted by Crippen LogP contribution is 2.29. The molecule has 0 aromatic heterocycles. The van der Waals surface area contributed by atoms with Gasteiger partial charge in [-0.2, -0.15) is 0 Å². The number of carbonyl (C=O) groups excluding carboxylic acids is 1. The average Bonchev–Trinajstić information content (AvgIpc) is 2.31. The van der Waals surface area contributed by atoms with Crippen LogP contribution in [0.3, 0.4) is 0 Å². The lowest BCUT2D eigenvalue weighted by Gasteiger charge is -2.09. The Kier molecular flexibility index (Phi) is 4.19. The summed E-state index contributed by atoms with van der Waals surface area (Å²) in [6, 6.07) is 12.4. The first kappa shape index (κ1) is 13.0. The number of halogens is 2. The van der Waals surface area contributed by atoms with E-state index in [1.165, 1.54) is 3.57 Å². The third kappa shape index (κ3) is 2.70. The second-order valence-corrected chi connectivity index (χ2v) is 6.11. The molecule has 0 amide bonds. The van der Waals surface area contributed by atoms with Crippen molar-refractivity contribution in [1.29, 1.82) is 0 Å². The van der Waals surface area contributed by atoms with Gasteiger partial charge in [0.25, 0.3) is 0 Å². The van der Waals surface area contributed by atoms with E-state index >= 15 is 0 Å². The van der Waals surface area contributed by atoms with E-state index in [1.54, 1.807) is 0 Å². The molecule has 2 aromatic carbocycles. The minimum absolute atomic E-state index is 0.793. The lowest BCUT2D eigenvalue weighted by atomic mass is 10.0. The predicted molar refractivity (Wildman–Crippen MR) is 87.4 cm³/mol. The Balaban J connectivity index is 2.60. The van der Waals surface area contributed by atoms with Crippen LogP contribution in [-0.4, -0.2) is 6.29 Å². The summed E-state index contributed by atoms with van der Waals surface area (Å²) in [5, 5.41) is 0. The van der Waals surface area contributed by atoms with Crippen LogP contribution in [0.25, 0.3) is 11.1 Å². The van der Waals surface area contributed by atoms with E-state index < -0.39 is 0 Å². The van der Waals surface area contributed by atoms with Crippen molar-refractivity contribution in [2.45, 2.75) is 6.92 Å². The summed E-state index contributed by atoms with van der Waals surface area (Å²) < 4.78 is 2.24. The van der Waals surface area contributed by atoms with Crippen LogP contribution < -0.4 is 0 Å². The first-order valence-corrected chi connectivity index (χ1v) is 7.29. The fourth-order valence-electron chi connectivity index (χ4n) is 1.69. The summed E-state index contributed by atoms with van der Waals surface area (Å²) in [6.45, 7) is 1.96. The molecule has 1 nitrogen and oxygen atoms in total. The molecule has 0 saturated heterocycles. The van der Waals surface area contributed by atoms with Crippen LogP contribution in [-0.2, 0) is 0 Å². The van der Waals surface area contributed by atoms with Crippen molar-refractivity contribution in [1.82, 2.24) is 0 Å². The van der Waals surface area contributed by atoms with Crippen LogP contribution in [0.1, 0.15) is 15.9 Å². The highest BCUT2D eigenvalue weighted by atomic mass is 127. The van der Waals surface area contributed by atoms with Crippen molar-refractivity contribution in [2.24, 2.45) is 0 Å². The molecule has 0 aliphatic heterocycles. The summed E-state index contributed by atoms with van der Waals surface area (Å²) >= 11 is 4.53. The van der Waals surface area contributed by atoms with Gasteiger partial charge in [-0.25, -0.2) is 0 Å². The number of benzene rings is 2. The van der Waals surface area contributed by atoms with E-state index in [4.69, 9.17) is 0 Å². The molecule has 0 N–H and O–H groups in total. The van der Waals surface area contributed by atoms with E-state index in [0.29, 0.717) is 0 Å². The summed E-state index contributed by atoms with van der Waals surface area (Å²) in [6.07, 6.45) is 0.938. The first-order chi connectivity index (χ1) is 8.13. The predicted octanol–water partition coefficient (Wildman–Crippen LogP) is 4.68. The number of rotatable bonds is 2. The van der Waals surface area contributed by atoms with Crippen LogP contribution >= 0.6 is 45.2 Å². The molecule has 0 unspecified atom stereocenters. The minimum atomic E-state index is 0.793. The van der Waals surface area contributed by atoms with E-state index in [2.05, 4.69) is 75.5 Å². The van der Waals surface area contributed by atoms with Crippen molar-refractivity contribution < 1.29 is 4.79 Å². The lowest BCUT2D eigenvalue weighted by molar-refractivity contribution is 0.112. The Hall–Kier alpha value is -0.430. The Morgan fingerprint density at radius 1 is 1.00 bits per heavy atom. The standard InChI is InChI=1S/C14H10I2O/c1-9-2-7-12(14(16)13(9)8-17)10-3-5-11(15)6-4-10/h2-8H,1H3. The zero-order valence-corrected chi connectivity index (χ0v) is 13.5. The normalized spacial score (nSPS) is 10.3. The molecule has 0 fully saturated rings. The number of carbonyl (C=O) groups is 1. The summed E-state index contributed by atoms with van der Waals surface area (Å²) in [4.78, 5) is 11.1. The Bertz CT molecular complexity index is 559. The third-order valence-corrected chi connectivity index (χ3v) is 4.55. The highest BCUT2D eigenvalue weighted by molar-refractivity contribution is 14.1. The monoisotopic (exact) mass is 448 g/mol. The maximum absolute atomic E-state index is 11.1. The molecule has 2 rings (SSSR count). The molecule has 0 atom stereocenters. The maximum Gasteiger partial charge on any atom is 0.151 e. The van der Waals surface area contributed by atoms with Gasteiger partial charge in [-0.1, -0.05) is 24.3 Å². The molecule has 2 aromatic rings. The molecule has 86 valence electrons. The van der Waals surface area contributed by atoms with Crippen molar-refractivity contribution in [3.8, 4) is 11.1 Å². The Morgan fingerprint density at radius 2 is 1.65 bits per heavy atom. The van der Waals surface area contributed by atoms with Crippen LogP contribution in [0.4, 0.5) is 0 Å². The Morgan fingerprint density at radius 3 is 2.24 bits per heavy atom. The molecule has 0 aliphatic rings. The maximum atomic E-state index is 11.1. The SMILES string of the molecule is Cc1ccc(-c2ccc(I)cc2)c(I)c1C=O. The van der Waals surface area contributed by atoms with Gasteiger partial charge in [0.05, 0.1) is 0 Å². The number of aryl methyl sites for hydroxylation is 1. The summed E-state index contributed by atoms with van der Waals surface area (Å²) in [5.74, 6) is 0. The second kappa shape index (κ2) is 5.48. The molecule has 0 aliphatic carbocycles. The number of hydrogen-bond donors (Lipinski definition) is 0. The van der Waals surface area contributed by atoms with Crippen LogP contribution in [0.2, 0.25) is 0 Å². The molecule has 0 bridgehead atoms. The van der Waals surface area contributed by atoms with Crippen molar-refractivity contribution in [3.63, 3.8) is 0 Å². The fourth-order valence-corrected chi connectivity index (χ4v) is 3.09. The molecule has 0 radical (unpaired) electrons. The first-order valence-electron chi connectivity index (χ1n) is 5.13. The van der Waals surface area contributed by atoms with Gasteiger partial charge in [0.2, 0.25) is 0 Å². The van der Waals surface area contributed by atoms with Gasteiger partial charge in [-0.15, -0.1) is 0 Å². The van der Waals surface area contributed by atoms with E-state index in [1.807, 2.05) is 13.0 Å². The average molecular weight is 448 g/mol. The molecule has 17 heavy (non-hydrogen) atoms. The highest BCUT2D eigenvalue weighted by Gasteiger charge is 2.09. The van der Waals surface area contributed by atoms with Gasteiger partial charge < -0.3 is 0 Å². The van der Waals surface area contributed by atoms with Gasteiger partial charge >= 0.3 is 0 Å². The third-order valence-electron chi connectivity index (χ3n) is 2.67. The largest absolute Gasteiger partial charge is 0.298 e. The van der Waals surface area contributed by atoms with Gasteiger partial charge in [0.1, 0.15) is 0 Å². The molecular formula is C14H10I2O. The topological polar surface area (TPSA) is 17.1 Å². The van der Waals surface area contributed by atoms with Crippen molar-refractivity contribution in [2.75, 3.05) is 0 Å². The molecular weight excluding hydrogens is 438 g/mol. The minimum Gasteiger partial charge on any atom is -0.298 e. The van der Waals surface area contributed by atoms with E-state index in [9.17, 15) is 4.79 Å². The Labute approximate surface area is 128 Å². The van der Waals surface area contributed by atoms with Crippen molar-refractivity contribution in [3.05, 3.63) is 54.7 Å².